The number of rotatable bonds is 22. The van der Waals surface area contributed by atoms with Crippen molar-refractivity contribution in [3.05, 3.63) is 72.3 Å². The fourth-order valence-electron chi connectivity index (χ4n) is 8.95. The quantitative estimate of drug-likeness (QED) is 0.0447. The van der Waals surface area contributed by atoms with Gasteiger partial charge in [-0.25, -0.2) is 24.7 Å². The maximum atomic E-state index is 13.6. The van der Waals surface area contributed by atoms with Gasteiger partial charge in [0, 0.05) is 83.2 Å². The zero-order valence-corrected chi connectivity index (χ0v) is 43.8. The van der Waals surface area contributed by atoms with Crippen LogP contribution in [-0.2, 0) is 14.2 Å². The molecule has 8 heterocycles. The van der Waals surface area contributed by atoms with Gasteiger partial charge in [0.15, 0.2) is 22.9 Å². The topological polar surface area (TPSA) is 229 Å². The molecule has 2 saturated carbocycles. The zero-order valence-electron chi connectivity index (χ0n) is 43.8. The molecule has 400 valence electrons. The van der Waals surface area contributed by atoms with Crippen molar-refractivity contribution in [2.75, 3.05) is 114 Å². The molecule has 2 aliphatic carbocycles. The van der Waals surface area contributed by atoms with Gasteiger partial charge in [-0.1, -0.05) is 0 Å². The highest BCUT2D eigenvalue weighted by atomic mass is 16.6. The number of hydrogen-bond donors (Lipinski definition) is 3. The largest absolute Gasteiger partial charge is 0.480 e. The SMILES string of the molecule is COc1ncccc1Nc1cc(N(CCCN2CCOCC2)C(=O)OC(C)(C)C)n2ncc(C(=O)CC3CC3)c2n1.COc1ncccc1Nc1cc(NCCCN2CCOCC2)n2ncc(C(=O)CC3CC3)c2n1. The van der Waals surface area contributed by atoms with Crippen molar-refractivity contribution < 1.29 is 38.1 Å². The third kappa shape index (κ3) is 14.2. The molecule has 0 spiro atoms. The van der Waals surface area contributed by atoms with Crippen molar-refractivity contribution in [3.63, 3.8) is 0 Å². The smallest absolute Gasteiger partial charge is 0.416 e. The molecule has 10 rings (SSSR count). The summed E-state index contributed by atoms with van der Waals surface area (Å²) in [4.78, 5) is 64.1. The van der Waals surface area contributed by atoms with E-state index in [0.717, 1.165) is 96.9 Å². The summed E-state index contributed by atoms with van der Waals surface area (Å²) in [6, 6.07) is 10.9. The summed E-state index contributed by atoms with van der Waals surface area (Å²) >= 11 is 0. The molecule has 3 N–H and O–H groups in total. The normalized spacial score (nSPS) is 16.2. The highest BCUT2D eigenvalue weighted by Gasteiger charge is 2.31. The van der Waals surface area contributed by atoms with E-state index >= 15 is 0 Å². The molecule has 0 aromatic carbocycles. The van der Waals surface area contributed by atoms with Crippen LogP contribution >= 0.6 is 0 Å². The van der Waals surface area contributed by atoms with Crippen LogP contribution in [0.1, 0.15) is 92.9 Å². The predicted molar refractivity (Wildman–Crippen MR) is 283 cm³/mol. The fraction of sp³-hybridized carbons (Fsp3) is 0.528. The van der Waals surface area contributed by atoms with Gasteiger partial charge in [0.25, 0.3) is 0 Å². The number of morpholine rings is 2. The van der Waals surface area contributed by atoms with Crippen LogP contribution in [0.4, 0.5) is 39.4 Å². The highest BCUT2D eigenvalue weighted by molar-refractivity contribution is 6.03. The Morgan fingerprint density at radius 2 is 1.21 bits per heavy atom. The molecule has 2 aliphatic heterocycles. The summed E-state index contributed by atoms with van der Waals surface area (Å²) in [5.74, 6) is 4.11. The summed E-state index contributed by atoms with van der Waals surface area (Å²) in [5.41, 5.74) is 2.51. The number of carbonyl (C=O) groups excluding carboxylic acids is 3. The first-order valence-corrected chi connectivity index (χ1v) is 26.1. The van der Waals surface area contributed by atoms with E-state index < -0.39 is 11.7 Å². The average molecular weight is 1030 g/mol. The molecule has 0 atom stereocenters. The van der Waals surface area contributed by atoms with Crippen LogP contribution in [0.5, 0.6) is 11.8 Å². The number of anilines is 6. The van der Waals surface area contributed by atoms with Crippen molar-refractivity contribution in [1.29, 1.82) is 0 Å². The molecule has 0 radical (unpaired) electrons. The molecule has 4 fully saturated rings. The van der Waals surface area contributed by atoms with Crippen LogP contribution in [0.15, 0.2) is 61.2 Å². The monoisotopic (exact) mass is 1030 g/mol. The number of carbonyl (C=O) groups is 3. The number of pyridine rings is 2. The standard InChI is InChI=1S/C29H39N7O5.C24H31N7O3/c1-29(2,3)41-28(38)35(12-6-11-34-13-15-40-16-14-34)25-18-24(32-22-7-5-10-30-27(22)39-4)33-26-21(19-31-36(25)26)23(37)17-20-8-9-20;1-33-24-19(4-2-7-26-24)28-21-15-22(25-8-3-9-30-10-12-34-13-11-30)31-23(29-21)18(16-27-31)20(32)14-17-5-6-17/h5,7,10,18-20H,6,8-9,11-17H2,1-4H3,(H,32,33);2,4,7,15-17,25H,3,5-6,8-14H2,1H3,(H,28,29). The minimum Gasteiger partial charge on any atom is -0.480 e. The van der Waals surface area contributed by atoms with Crippen molar-refractivity contribution in [1.82, 2.24) is 49.0 Å². The van der Waals surface area contributed by atoms with Gasteiger partial charge in [0.05, 0.1) is 64.2 Å². The Hall–Kier alpha value is -7.01. The van der Waals surface area contributed by atoms with Gasteiger partial charge in [0.2, 0.25) is 11.8 Å². The van der Waals surface area contributed by atoms with E-state index in [-0.39, 0.29) is 11.6 Å². The molecular formula is C53H70N14O8. The van der Waals surface area contributed by atoms with E-state index in [4.69, 9.17) is 33.7 Å². The number of methoxy groups -OCH3 is 2. The summed E-state index contributed by atoms with van der Waals surface area (Å²) in [6.45, 7) is 15.2. The Bertz CT molecular complexity index is 2900. The number of ether oxygens (including phenoxy) is 5. The van der Waals surface area contributed by atoms with Gasteiger partial charge in [-0.15, -0.1) is 0 Å². The molecule has 2 saturated heterocycles. The van der Waals surface area contributed by atoms with Crippen LogP contribution in [0.2, 0.25) is 0 Å². The van der Waals surface area contributed by atoms with Crippen molar-refractivity contribution in [2.24, 2.45) is 11.8 Å². The van der Waals surface area contributed by atoms with Crippen LogP contribution in [-0.4, -0.2) is 165 Å². The lowest BCUT2D eigenvalue weighted by atomic mass is 10.1. The Kier molecular flexibility index (Phi) is 17.3. The number of fused-ring (bicyclic) bond motifs is 2. The molecular weight excluding hydrogens is 961 g/mol. The number of Topliss-reactive ketones (excluding diaryl/α,β-unsaturated/α-hetero) is 2. The first kappa shape index (κ1) is 52.8. The lowest BCUT2D eigenvalue weighted by Gasteiger charge is -2.30. The highest BCUT2D eigenvalue weighted by Crippen LogP contribution is 2.36. The van der Waals surface area contributed by atoms with Gasteiger partial charge < -0.3 is 39.6 Å². The van der Waals surface area contributed by atoms with Crippen molar-refractivity contribution >= 4 is 63.6 Å². The van der Waals surface area contributed by atoms with Gasteiger partial charge in [-0.3, -0.25) is 24.3 Å². The minimum absolute atomic E-state index is 0.00630. The number of nitrogens with one attached hydrogen (secondary N) is 3. The van der Waals surface area contributed by atoms with E-state index in [1.165, 1.54) is 0 Å². The molecule has 75 heavy (non-hydrogen) atoms. The van der Waals surface area contributed by atoms with E-state index in [2.05, 4.69) is 45.9 Å². The number of ketones is 2. The Labute approximate surface area is 436 Å². The molecule has 0 unspecified atom stereocenters. The van der Waals surface area contributed by atoms with Crippen molar-refractivity contribution in [2.45, 2.75) is 77.7 Å². The van der Waals surface area contributed by atoms with Gasteiger partial charge in [-0.05, 0) is 102 Å². The van der Waals surface area contributed by atoms with Crippen LogP contribution in [0, 0.1) is 11.8 Å². The number of amides is 1. The van der Waals surface area contributed by atoms with Gasteiger partial charge >= 0.3 is 6.09 Å². The molecule has 0 bridgehead atoms. The number of nitrogens with zero attached hydrogens (tertiary/aromatic N) is 11. The third-order valence-electron chi connectivity index (χ3n) is 13.2. The number of aromatic nitrogens is 8. The van der Waals surface area contributed by atoms with E-state index in [1.807, 2.05) is 45.0 Å². The summed E-state index contributed by atoms with van der Waals surface area (Å²) in [5, 5.41) is 19.1. The predicted octanol–water partition coefficient (Wildman–Crippen LogP) is 7.32. The van der Waals surface area contributed by atoms with Crippen LogP contribution in [0.25, 0.3) is 11.3 Å². The second-order valence-corrected chi connectivity index (χ2v) is 20.3. The zero-order chi connectivity index (χ0) is 52.3. The maximum Gasteiger partial charge on any atom is 0.416 e. The fourth-order valence-corrected chi connectivity index (χ4v) is 8.95. The molecule has 1 amide bonds. The van der Waals surface area contributed by atoms with Crippen LogP contribution < -0.4 is 30.3 Å². The molecule has 4 aliphatic rings. The summed E-state index contributed by atoms with van der Waals surface area (Å²) in [6.07, 6.45) is 13.1. The first-order valence-electron chi connectivity index (χ1n) is 26.1. The lowest BCUT2D eigenvalue weighted by molar-refractivity contribution is 0.0371. The van der Waals surface area contributed by atoms with E-state index in [0.29, 0.717) is 114 Å². The second-order valence-electron chi connectivity index (χ2n) is 20.3. The van der Waals surface area contributed by atoms with Crippen molar-refractivity contribution in [3.8, 4) is 11.8 Å². The second kappa shape index (κ2) is 24.6. The number of hydrogen-bond acceptors (Lipinski definition) is 19. The Morgan fingerprint density at radius 3 is 1.73 bits per heavy atom. The van der Waals surface area contributed by atoms with Gasteiger partial charge in [-0.2, -0.15) is 19.2 Å². The molecule has 22 nitrogen and oxygen atoms in total. The summed E-state index contributed by atoms with van der Waals surface area (Å²) < 4.78 is 30.8. The lowest BCUT2D eigenvalue weighted by Crippen LogP contribution is -2.41. The Balaban J connectivity index is 0.000000187. The maximum absolute atomic E-state index is 13.6. The molecule has 22 heteroatoms. The minimum atomic E-state index is -0.703. The molecule has 6 aromatic rings. The Morgan fingerprint density at radius 1 is 0.707 bits per heavy atom. The van der Waals surface area contributed by atoms with E-state index in [9.17, 15) is 14.4 Å². The first-order chi connectivity index (χ1) is 36.4. The van der Waals surface area contributed by atoms with Gasteiger partial charge in [0.1, 0.15) is 40.2 Å². The van der Waals surface area contributed by atoms with Crippen LogP contribution in [0.3, 0.4) is 0 Å². The third-order valence-corrected chi connectivity index (χ3v) is 13.2. The molecule has 6 aromatic heterocycles. The van der Waals surface area contributed by atoms with E-state index in [1.54, 1.807) is 65.1 Å². The average Bonchev–Trinajstić information content (AvgIpc) is 4.33. The summed E-state index contributed by atoms with van der Waals surface area (Å²) in [7, 11) is 3.12.